The Hall–Kier alpha value is -1.42. The van der Waals surface area contributed by atoms with E-state index in [4.69, 9.17) is 26.8 Å². The molecule has 88 valence electrons. The molecule has 5 heteroatoms. The number of rotatable bonds is 4. The largest absolute Gasteiger partial charge is 0.495 e. The zero-order chi connectivity index (χ0) is 12.3. The number of ether oxygens (including phenoxy) is 2. The molecule has 0 spiro atoms. The van der Waals surface area contributed by atoms with E-state index in [-0.39, 0.29) is 5.56 Å². The summed E-state index contributed by atoms with van der Waals surface area (Å²) in [5.41, 5.74) is 6.27. The van der Waals surface area contributed by atoms with Gasteiger partial charge >= 0.3 is 0 Å². The van der Waals surface area contributed by atoms with Gasteiger partial charge in [-0.3, -0.25) is 4.79 Å². The van der Waals surface area contributed by atoms with Gasteiger partial charge in [-0.1, -0.05) is 18.5 Å². The van der Waals surface area contributed by atoms with Gasteiger partial charge in [0.1, 0.15) is 11.5 Å². The molecule has 0 radical (unpaired) electrons. The van der Waals surface area contributed by atoms with E-state index in [1.54, 1.807) is 0 Å². The van der Waals surface area contributed by atoms with Crippen LogP contribution in [0.5, 0.6) is 11.5 Å². The van der Waals surface area contributed by atoms with E-state index >= 15 is 0 Å². The fraction of sp³-hybridized carbons (Fsp3) is 0.364. The van der Waals surface area contributed by atoms with Gasteiger partial charge in [0.25, 0.3) is 5.91 Å². The molecule has 2 N–H and O–H groups in total. The van der Waals surface area contributed by atoms with E-state index in [0.717, 1.165) is 5.56 Å². The quantitative estimate of drug-likeness (QED) is 0.880. The molecule has 1 aromatic rings. The van der Waals surface area contributed by atoms with Crippen molar-refractivity contribution in [3.8, 4) is 11.5 Å². The Bertz CT molecular complexity index is 418. The van der Waals surface area contributed by atoms with Crippen molar-refractivity contribution in [3.05, 3.63) is 22.2 Å². The predicted molar refractivity (Wildman–Crippen MR) is 62.5 cm³/mol. The van der Waals surface area contributed by atoms with Crippen LogP contribution in [0, 0.1) is 0 Å². The standard InChI is InChI=1S/C11H14ClNO3/c1-4-6-9(15-2)7(11(13)14)5-8(12)10(6)16-3/h5H,4H2,1-3H3,(H2,13,14). The monoisotopic (exact) mass is 243 g/mol. The number of hydrogen-bond donors (Lipinski definition) is 1. The first kappa shape index (κ1) is 12.6. The molecule has 0 saturated heterocycles. The molecule has 1 amide bonds. The van der Waals surface area contributed by atoms with E-state index in [2.05, 4.69) is 0 Å². The number of primary amides is 1. The van der Waals surface area contributed by atoms with E-state index in [9.17, 15) is 4.79 Å². The van der Waals surface area contributed by atoms with Gasteiger partial charge in [0.15, 0.2) is 0 Å². The smallest absolute Gasteiger partial charge is 0.252 e. The van der Waals surface area contributed by atoms with Gasteiger partial charge in [-0.25, -0.2) is 0 Å². The molecule has 1 rings (SSSR count). The molecule has 0 aromatic heterocycles. The first-order chi connectivity index (χ1) is 7.56. The molecule has 0 atom stereocenters. The first-order valence-electron chi connectivity index (χ1n) is 4.79. The summed E-state index contributed by atoms with van der Waals surface area (Å²) in [7, 11) is 3.00. The van der Waals surface area contributed by atoms with Crippen LogP contribution in [0.2, 0.25) is 5.02 Å². The Kier molecular flexibility index (Phi) is 4.01. The summed E-state index contributed by atoms with van der Waals surface area (Å²) < 4.78 is 10.4. The Morgan fingerprint density at radius 1 is 1.38 bits per heavy atom. The molecule has 16 heavy (non-hydrogen) atoms. The Morgan fingerprint density at radius 3 is 2.31 bits per heavy atom. The molecular formula is C11H14ClNO3. The number of benzene rings is 1. The first-order valence-corrected chi connectivity index (χ1v) is 5.17. The molecule has 0 aliphatic rings. The van der Waals surface area contributed by atoms with E-state index in [1.807, 2.05) is 6.92 Å². The fourth-order valence-corrected chi connectivity index (χ4v) is 1.93. The van der Waals surface area contributed by atoms with Crippen LogP contribution in [0.3, 0.4) is 0 Å². The lowest BCUT2D eigenvalue weighted by molar-refractivity contribution is 0.0997. The third kappa shape index (κ3) is 2.07. The molecule has 0 aliphatic heterocycles. The topological polar surface area (TPSA) is 61.5 Å². The van der Waals surface area contributed by atoms with E-state index < -0.39 is 5.91 Å². The van der Waals surface area contributed by atoms with Crippen molar-refractivity contribution in [1.82, 2.24) is 0 Å². The highest BCUT2D eigenvalue weighted by Crippen LogP contribution is 2.38. The SMILES string of the molecule is CCc1c(OC)c(Cl)cc(C(N)=O)c1OC. The lowest BCUT2D eigenvalue weighted by Crippen LogP contribution is -2.14. The molecular weight excluding hydrogens is 230 g/mol. The van der Waals surface area contributed by atoms with Crippen molar-refractivity contribution in [2.75, 3.05) is 14.2 Å². The molecule has 0 aliphatic carbocycles. The third-order valence-corrected chi connectivity index (χ3v) is 2.59. The summed E-state index contributed by atoms with van der Waals surface area (Å²) in [6, 6.07) is 1.46. The van der Waals surface area contributed by atoms with Crippen molar-refractivity contribution < 1.29 is 14.3 Å². The molecule has 4 nitrogen and oxygen atoms in total. The predicted octanol–water partition coefficient (Wildman–Crippen LogP) is 2.02. The van der Waals surface area contributed by atoms with E-state index in [1.165, 1.54) is 20.3 Å². The van der Waals surface area contributed by atoms with Crippen LogP contribution in [-0.4, -0.2) is 20.1 Å². The van der Waals surface area contributed by atoms with Crippen LogP contribution in [-0.2, 0) is 6.42 Å². The Morgan fingerprint density at radius 2 is 1.94 bits per heavy atom. The number of hydrogen-bond acceptors (Lipinski definition) is 3. The van der Waals surface area contributed by atoms with Crippen molar-refractivity contribution in [3.63, 3.8) is 0 Å². The van der Waals surface area contributed by atoms with Crippen LogP contribution in [0.1, 0.15) is 22.8 Å². The number of carbonyl (C=O) groups excluding carboxylic acids is 1. The summed E-state index contributed by atoms with van der Waals surface area (Å²) in [4.78, 5) is 11.2. The Balaban J connectivity index is 3.56. The highest BCUT2D eigenvalue weighted by molar-refractivity contribution is 6.32. The van der Waals surface area contributed by atoms with Crippen molar-refractivity contribution in [2.24, 2.45) is 5.73 Å². The van der Waals surface area contributed by atoms with Gasteiger partial charge in [0.05, 0.1) is 24.8 Å². The molecule has 1 aromatic carbocycles. The van der Waals surface area contributed by atoms with Crippen LogP contribution < -0.4 is 15.2 Å². The zero-order valence-corrected chi connectivity index (χ0v) is 10.2. The average Bonchev–Trinajstić information content (AvgIpc) is 2.27. The van der Waals surface area contributed by atoms with Crippen molar-refractivity contribution >= 4 is 17.5 Å². The maximum Gasteiger partial charge on any atom is 0.252 e. The number of nitrogens with two attached hydrogens (primary N) is 1. The van der Waals surface area contributed by atoms with Crippen LogP contribution in [0.15, 0.2) is 6.07 Å². The maximum absolute atomic E-state index is 11.2. The van der Waals surface area contributed by atoms with Gasteiger partial charge in [0, 0.05) is 5.56 Å². The second-order valence-electron chi connectivity index (χ2n) is 3.17. The zero-order valence-electron chi connectivity index (χ0n) is 9.46. The summed E-state index contributed by atoms with van der Waals surface area (Å²) in [6.45, 7) is 1.92. The normalized spacial score (nSPS) is 10.0. The molecule has 0 fully saturated rings. The molecule has 0 saturated carbocycles. The Labute approximate surface area is 99.3 Å². The summed E-state index contributed by atoms with van der Waals surface area (Å²) in [5.74, 6) is 0.373. The van der Waals surface area contributed by atoms with Gasteiger partial charge in [-0.2, -0.15) is 0 Å². The summed E-state index contributed by atoms with van der Waals surface area (Å²) >= 11 is 6.00. The minimum Gasteiger partial charge on any atom is -0.495 e. The summed E-state index contributed by atoms with van der Waals surface area (Å²) in [6.07, 6.45) is 0.632. The number of carbonyl (C=O) groups is 1. The number of amides is 1. The van der Waals surface area contributed by atoms with Gasteiger partial charge in [0.2, 0.25) is 0 Å². The van der Waals surface area contributed by atoms with Crippen molar-refractivity contribution in [2.45, 2.75) is 13.3 Å². The third-order valence-electron chi connectivity index (χ3n) is 2.31. The van der Waals surface area contributed by atoms with Gasteiger partial charge in [-0.15, -0.1) is 0 Å². The highest BCUT2D eigenvalue weighted by Gasteiger charge is 2.20. The van der Waals surface area contributed by atoms with E-state index in [0.29, 0.717) is 22.9 Å². The molecule has 0 heterocycles. The van der Waals surface area contributed by atoms with Gasteiger partial charge in [-0.05, 0) is 12.5 Å². The lowest BCUT2D eigenvalue weighted by atomic mass is 10.0. The average molecular weight is 244 g/mol. The maximum atomic E-state index is 11.2. The second-order valence-corrected chi connectivity index (χ2v) is 3.58. The lowest BCUT2D eigenvalue weighted by Gasteiger charge is -2.15. The van der Waals surface area contributed by atoms with Crippen molar-refractivity contribution in [1.29, 1.82) is 0 Å². The highest BCUT2D eigenvalue weighted by atomic mass is 35.5. The minimum atomic E-state index is -0.573. The number of halogens is 1. The molecule has 0 unspecified atom stereocenters. The number of methoxy groups -OCH3 is 2. The molecule has 0 bridgehead atoms. The minimum absolute atomic E-state index is 0.269. The van der Waals surface area contributed by atoms with Crippen LogP contribution in [0.4, 0.5) is 0 Å². The summed E-state index contributed by atoms with van der Waals surface area (Å²) in [5, 5.41) is 0.356. The van der Waals surface area contributed by atoms with Gasteiger partial charge < -0.3 is 15.2 Å². The van der Waals surface area contributed by atoms with Crippen LogP contribution in [0.25, 0.3) is 0 Å². The van der Waals surface area contributed by atoms with Crippen LogP contribution >= 0.6 is 11.6 Å². The second kappa shape index (κ2) is 5.07. The fourth-order valence-electron chi connectivity index (χ4n) is 1.63.